The summed E-state index contributed by atoms with van der Waals surface area (Å²) in [7, 11) is 0. The first-order chi connectivity index (χ1) is 5.38. The lowest BCUT2D eigenvalue weighted by Gasteiger charge is -2.32. The molecule has 0 N–H and O–H groups in total. The van der Waals surface area contributed by atoms with E-state index in [1.165, 1.54) is 25.7 Å². The Kier molecular flexibility index (Phi) is 1.85. The molecule has 2 atom stereocenters. The molecule has 0 saturated heterocycles. The molecule has 1 saturated carbocycles. The third-order valence-electron chi connectivity index (χ3n) is 3.12. The minimum atomic E-state index is 0.883. The first-order valence-electron chi connectivity index (χ1n) is 4.73. The molecule has 0 heterocycles. The number of allylic oxidation sites excluding steroid dienone is 4. The van der Waals surface area contributed by atoms with Crippen LogP contribution in [0, 0.1) is 11.8 Å². The summed E-state index contributed by atoms with van der Waals surface area (Å²) in [6, 6.07) is 0. The summed E-state index contributed by atoms with van der Waals surface area (Å²) >= 11 is 0. The van der Waals surface area contributed by atoms with Gasteiger partial charge in [0, 0.05) is 0 Å². The monoisotopic (exact) mass is 148 g/mol. The van der Waals surface area contributed by atoms with Crippen molar-refractivity contribution in [3.05, 3.63) is 23.8 Å². The summed E-state index contributed by atoms with van der Waals surface area (Å²) in [4.78, 5) is 0. The third kappa shape index (κ3) is 1.26. The van der Waals surface area contributed by atoms with E-state index in [9.17, 15) is 0 Å². The van der Waals surface area contributed by atoms with E-state index >= 15 is 0 Å². The Morgan fingerprint density at radius 3 is 2.91 bits per heavy atom. The first-order valence-corrected chi connectivity index (χ1v) is 4.73. The smallest absolute Gasteiger partial charge is 0.0140 e. The van der Waals surface area contributed by atoms with Gasteiger partial charge in [0.05, 0.1) is 0 Å². The predicted molar refractivity (Wildman–Crippen MR) is 48.3 cm³/mol. The Bertz CT molecular complexity index is 198. The van der Waals surface area contributed by atoms with Crippen LogP contribution >= 0.6 is 0 Å². The average Bonchev–Trinajstić information content (AvgIpc) is 2.06. The number of hydrogen-bond donors (Lipinski definition) is 0. The van der Waals surface area contributed by atoms with Gasteiger partial charge in [-0.3, -0.25) is 0 Å². The summed E-state index contributed by atoms with van der Waals surface area (Å²) in [5.74, 6) is 1.78. The molecule has 0 amide bonds. The van der Waals surface area contributed by atoms with Crippen molar-refractivity contribution in [2.45, 2.75) is 32.6 Å². The number of fused-ring (bicyclic) bond motifs is 1. The molecule has 1 fully saturated rings. The van der Waals surface area contributed by atoms with Crippen molar-refractivity contribution >= 4 is 0 Å². The summed E-state index contributed by atoms with van der Waals surface area (Å²) in [6.45, 7) is 2.28. The molecule has 0 radical (unpaired) electrons. The molecule has 60 valence electrons. The van der Waals surface area contributed by atoms with Gasteiger partial charge in [0.15, 0.2) is 0 Å². The second-order valence-electron chi connectivity index (χ2n) is 3.85. The van der Waals surface area contributed by atoms with Gasteiger partial charge in [0.1, 0.15) is 0 Å². The van der Waals surface area contributed by atoms with Gasteiger partial charge < -0.3 is 0 Å². The van der Waals surface area contributed by atoms with Crippen LogP contribution in [0.5, 0.6) is 0 Å². The molecule has 0 nitrogen and oxygen atoms in total. The van der Waals surface area contributed by atoms with Crippen molar-refractivity contribution in [2.75, 3.05) is 0 Å². The van der Waals surface area contributed by atoms with Gasteiger partial charge >= 0.3 is 0 Å². The fourth-order valence-electron chi connectivity index (χ4n) is 2.43. The summed E-state index contributed by atoms with van der Waals surface area (Å²) < 4.78 is 0. The number of rotatable bonds is 0. The van der Waals surface area contributed by atoms with Gasteiger partial charge in [0.2, 0.25) is 0 Å². The van der Waals surface area contributed by atoms with Crippen LogP contribution in [-0.2, 0) is 0 Å². The molecule has 0 unspecified atom stereocenters. The highest BCUT2D eigenvalue weighted by atomic mass is 14.3. The maximum Gasteiger partial charge on any atom is -0.0140 e. The van der Waals surface area contributed by atoms with Crippen molar-refractivity contribution < 1.29 is 0 Å². The molecular formula is C11H16. The minimum Gasteiger partial charge on any atom is -0.0808 e. The predicted octanol–water partition coefficient (Wildman–Crippen LogP) is 3.31. The molecule has 0 spiro atoms. The van der Waals surface area contributed by atoms with Crippen molar-refractivity contribution in [3.8, 4) is 0 Å². The van der Waals surface area contributed by atoms with Crippen LogP contribution in [0.3, 0.4) is 0 Å². The Morgan fingerprint density at radius 1 is 1.27 bits per heavy atom. The van der Waals surface area contributed by atoms with Crippen molar-refractivity contribution in [1.82, 2.24) is 0 Å². The van der Waals surface area contributed by atoms with Gasteiger partial charge in [-0.25, -0.2) is 0 Å². The topological polar surface area (TPSA) is 0 Å². The fourth-order valence-corrected chi connectivity index (χ4v) is 2.43. The Balaban J connectivity index is 2.16. The van der Waals surface area contributed by atoms with Crippen LogP contribution in [-0.4, -0.2) is 0 Å². The van der Waals surface area contributed by atoms with Gasteiger partial charge in [-0.05, 0) is 31.6 Å². The van der Waals surface area contributed by atoms with Gasteiger partial charge in [-0.2, -0.15) is 0 Å². The van der Waals surface area contributed by atoms with Crippen molar-refractivity contribution in [3.63, 3.8) is 0 Å². The van der Waals surface area contributed by atoms with E-state index in [0.29, 0.717) is 0 Å². The van der Waals surface area contributed by atoms with E-state index in [-0.39, 0.29) is 0 Å². The van der Waals surface area contributed by atoms with Gasteiger partial charge in [0.25, 0.3) is 0 Å². The standard InChI is InChI=1S/C11H16/c1-9-5-4-7-10-6-2-3-8-11(9)10/h4-5,7,10-11H,2-3,6,8H2,1H3/t10-,11-/m1/s1. The third-order valence-corrected chi connectivity index (χ3v) is 3.12. The molecule has 0 heteroatoms. The molecule has 2 aliphatic carbocycles. The van der Waals surface area contributed by atoms with Crippen LogP contribution < -0.4 is 0 Å². The lowest BCUT2D eigenvalue weighted by molar-refractivity contribution is 0.320. The zero-order chi connectivity index (χ0) is 7.68. The van der Waals surface area contributed by atoms with E-state index in [1.807, 2.05) is 0 Å². The van der Waals surface area contributed by atoms with Crippen LogP contribution in [0.4, 0.5) is 0 Å². The highest BCUT2D eigenvalue weighted by Gasteiger charge is 2.25. The molecular weight excluding hydrogens is 132 g/mol. The molecule has 0 aromatic carbocycles. The Labute approximate surface area is 69.0 Å². The van der Waals surface area contributed by atoms with E-state index in [0.717, 1.165) is 11.8 Å². The largest absolute Gasteiger partial charge is 0.0808 e. The molecule has 0 bridgehead atoms. The fraction of sp³-hybridized carbons (Fsp3) is 0.636. The van der Waals surface area contributed by atoms with Crippen LogP contribution in [0.25, 0.3) is 0 Å². The van der Waals surface area contributed by atoms with E-state index < -0.39 is 0 Å². The number of hydrogen-bond acceptors (Lipinski definition) is 0. The maximum atomic E-state index is 2.40. The molecule has 0 aromatic rings. The van der Waals surface area contributed by atoms with Crippen LogP contribution in [0.15, 0.2) is 23.8 Å². The highest BCUT2D eigenvalue weighted by Crippen LogP contribution is 2.37. The molecule has 11 heavy (non-hydrogen) atoms. The second kappa shape index (κ2) is 2.84. The molecule has 0 aromatic heterocycles. The Hall–Kier alpha value is -0.520. The summed E-state index contributed by atoms with van der Waals surface area (Å²) in [6.07, 6.45) is 12.7. The zero-order valence-corrected chi connectivity index (χ0v) is 7.22. The quantitative estimate of drug-likeness (QED) is 0.494. The summed E-state index contributed by atoms with van der Waals surface area (Å²) in [5, 5.41) is 0. The van der Waals surface area contributed by atoms with Crippen molar-refractivity contribution in [2.24, 2.45) is 11.8 Å². The van der Waals surface area contributed by atoms with Crippen LogP contribution in [0.2, 0.25) is 0 Å². The SMILES string of the molecule is CC1=CC=C[C@H]2CCCC[C@H]12. The second-order valence-corrected chi connectivity index (χ2v) is 3.85. The average molecular weight is 148 g/mol. The molecule has 2 aliphatic rings. The van der Waals surface area contributed by atoms with Gasteiger partial charge in [-0.1, -0.05) is 36.6 Å². The Morgan fingerprint density at radius 2 is 2.09 bits per heavy atom. The van der Waals surface area contributed by atoms with Gasteiger partial charge in [-0.15, -0.1) is 0 Å². The summed E-state index contributed by atoms with van der Waals surface area (Å²) in [5.41, 5.74) is 1.61. The zero-order valence-electron chi connectivity index (χ0n) is 7.22. The lowest BCUT2D eigenvalue weighted by Crippen LogP contribution is -2.20. The highest BCUT2D eigenvalue weighted by molar-refractivity contribution is 5.22. The van der Waals surface area contributed by atoms with E-state index in [4.69, 9.17) is 0 Å². The maximum absolute atomic E-state index is 2.40. The first kappa shape index (κ1) is 7.15. The molecule has 2 rings (SSSR count). The minimum absolute atomic E-state index is 0.883. The molecule has 0 aliphatic heterocycles. The van der Waals surface area contributed by atoms with Crippen molar-refractivity contribution in [1.29, 1.82) is 0 Å². The lowest BCUT2D eigenvalue weighted by atomic mass is 9.73. The normalized spacial score (nSPS) is 36.3. The van der Waals surface area contributed by atoms with E-state index in [2.05, 4.69) is 25.2 Å². The van der Waals surface area contributed by atoms with Crippen LogP contribution in [0.1, 0.15) is 32.6 Å². The van der Waals surface area contributed by atoms with E-state index in [1.54, 1.807) is 5.57 Å².